The molecule has 1 heterocycles. The molecule has 0 aromatic heterocycles. The maximum atomic E-state index is 12.4. The Morgan fingerprint density at radius 3 is 2.77 bits per heavy atom. The van der Waals surface area contributed by atoms with Gasteiger partial charge in [-0.25, -0.2) is 0 Å². The molecule has 0 saturated carbocycles. The number of ether oxygens (including phenoxy) is 1. The molecule has 0 saturated heterocycles. The quantitative estimate of drug-likeness (QED) is 0.846. The third-order valence-corrected chi connectivity index (χ3v) is 3.90. The molecule has 1 amide bonds. The van der Waals surface area contributed by atoms with Gasteiger partial charge in [-0.1, -0.05) is 32.0 Å². The molecule has 0 spiro atoms. The molecule has 1 aromatic rings. The molecule has 2 N–H and O–H groups in total. The fourth-order valence-corrected chi connectivity index (χ4v) is 2.80. The lowest BCUT2D eigenvalue weighted by Gasteiger charge is -2.25. The predicted octanol–water partition coefficient (Wildman–Crippen LogP) is 2.42. The summed E-state index contributed by atoms with van der Waals surface area (Å²) >= 11 is 0. The fourth-order valence-electron chi connectivity index (χ4n) is 2.80. The number of para-hydroxylation sites is 1. The lowest BCUT2D eigenvalue weighted by molar-refractivity contribution is -0.142. The molecule has 2 unspecified atom stereocenters. The minimum absolute atomic E-state index is 0.120. The summed E-state index contributed by atoms with van der Waals surface area (Å²) in [6, 6.07) is 7.50. The maximum Gasteiger partial charge on any atom is 0.308 e. The Morgan fingerprint density at radius 1 is 1.36 bits per heavy atom. The molecule has 0 bridgehead atoms. The Morgan fingerprint density at radius 2 is 2.09 bits per heavy atom. The highest BCUT2D eigenvalue weighted by Crippen LogP contribution is 2.33. The first-order chi connectivity index (χ1) is 10.5. The molecule has 0 aliphatic carbocycles. The van der Waals surface area contributed by atoms with Crippen LogP contribution in [0.5, 0.6) is 5.75 Å². The molecule has 1 aromatic carbocycles. The van der Waals surface area contributed by atoms with E-state index in [2.05, 4.69) is 5.32 Å². The average Bonchev–Trinajstić information content (AvgIpc) is 2.50. The van der Waals surface area contributed by atoms with E-state index < -0.39 is 11.9 Å². The molecule has 1 aliphatic rings. The van der Waals surface area contributed by atoms with Crippen molar-refractivity contribution in [2.75, 3.05) is 13.2 Å². The molecule has 2 atom stereocenters. The highest BCUT2D eigenvalue weighted by molar-refractivity contribution is 5.85. The van der Waals surface area contributed by atoms with Crippen molar-refractivity contribution < 1.29 is 19.4 Å². The summed E-state index contributed by atoms with van der Waals surface area (Å²) in [5, 5.41) is 12.0. The largest absolute Gasteiger partial charge is 0.493 e. The first kappa shape index (κ1) is 16.3. The topological polar surface area (TPSA) is 75.6 Å². The van der Waals surface area contributed by atoms with Crippen molar-refractivity contribution in [1.29, 1.82) is 0 Å². The van der Waals surface area contributed by atoms with Crippen molar-refractivity contribution in [1.82, 2.24) is 5.32 Å². The van der Waals surface area contributed by atoms with Crippen molar-refractivity contribution in [3.05, 3.63) is 29.8 Å². The van der Waals surface area contributed by atoms with Gasteiger partial charge in [-0.2, -0.15) is 0 Å². The van der Waals surface area contributed by atoms with Gasteiger partial charge in [0.2, 0.25) is 5.91 Å². The van der Waals surface area contributed by atoms with Gasteiger partial charge in [0.15, 0.2) is 0 Å². The monoisotopic (exact) mass is 305 g/mol. The highest BCUT2D eigenvalue weighted by Gasteiger charge is 2.28. The van der Waals surface area contributed by atoms with Crippen LogP contribution in [-0.2, 0) is 9.59 Å². The van der Waals surface area contributed by atoms with E-state index >= 15 is 0 Å². The van der Waals surface area contributed by atoms with Crippen molar-refractivity contribution >= 4 is 11.9 Å². The molecule has 0 fully saturated rings. The van der Waals surface area contributed by atoms with Crippen LogP contribution in [0.2, 0.25) is 0 Å². The molecule has 5 nitrogen and oxygen atoms in total. The lowest BCUT2D eigenvalue weighted by atomic mass is 9.91. The van der Waals surface area contributed by atoms with E-state index in [0.717, 1.165) is 11.3 Å². The van der Waals surface area contributed by atoms with Crippen LogP contribution in [0.25, 0.3) is 0 Å². The van der Waals surface area contributed by atoms with Crippen LogP contribution < -0.4 is 10.1 Å². The second kappa shape index (κ2) is 7.29. The van der Waals surface area contributed by atoms with Crippen molar-refractivity contribution in [3.63, 3.8) is 0 Å². The number of carbonyl (C=O) groups is 2. The van der Waals surface area contributed by atoms with Gasteiger partial charge in [0, 0.05) is 12.1 Å². The number of carbonyl (C=O) groups excluding carboxylic acids is 1. The number of carboxylic acids is 1. The van der Waals surface area contributed by atoms with Gasteiger partial charge in [0.25, 0.3) is 0 Å². The van der Waals surface area contributed by atoms with Crippen LogP contribution in [0.4, 0.5) is 0 Å². The first-order valence-electron chi connectivity index (χ1n) is 7.71. The smallest absolute Gasteiger partial charge is 0.308 e. The SMILES string of the molecule is CC(C)CC(CNC(=O)C1CCOc2ccccc21)C(=O)O. The summed E-state index contributed by atoms with van der Waals surface area (Å²) in [5.74, 6) is -0.766. The summed E-state index contributed by atoms with van der Waals surface area (Å²) in [6.45, 7) is 4.63. The summed E-state index contributed by atoms with van der Waals surface area (Å²) in [4.78, 5) is 23.7. The Kier molecular flexibility index (Phi) is 5.41. The highest BCUT2D eigenvalue weighted by atomic mass is 16.5. The summed E-state index contributed by atoms with van der Waals surface area (Å²) in [7, 11) is 0. The Bertz CT molecular complexity index is 541. The second-order valence-corrected chi connectivity index (χ2v) is 6.14. The molecule has 1 aliphatic heterocycles. The van der Waals surface area contributed by atoms with Crippen LogP contribution in [0.15, 0.2) is 24.3 Å². The van der Waals surface area contributed by atoms with Crippen LogP contribution in [0.1, 0.15) is 38.2 Å². The van der Waals surface area contributed by atoms with Gasteiger partial charge < -0.3 is 15.2 Å². The van der Waals surface area contributed by atoms with Gasteiger partial charge in [0.1, 0.15) is 5.75 Å². The first-order valence-corrected chi connectivity index (χ1v) is 7.71. The number of carboxylic acid groups (broad SMARTS) is 1. The van der Waals surface area contributed by atoms with E-state index in [1.807, 2.05) is 38.1 Å². The van der Waals surface area contributed by atoms with Crippen LogP contribution in [0, 0.1) is 11.8 Å². The van der Waals surface area contributed by atoms with E-state index in [1.54, 1.807) is 0 Å². The second-order valence-electron chi connectivity index (χ2n) is 6.14. The molecule has 22 heavy (non-hydrogen) atoms. The molecular formula is C17H23NO4. The molecule has 0 radical (unpaired) electrons. The summed E-state index contributed by atoms with van der Waals surface area (Å²) in [6.07, 6.45) is 1.17. The van der Waals surface area contributed by atoms with Crippen LogP contribution in [0.3, 0.4) is 0 Å². The fraction of sp³-hybridized carbons (Fsp3) is 0.529. The summed E-state index contributed by atoms with van der Waals surface area (Å²) in [5.41, 5.74) is 0.877. The molecular weight excluding hydrogens is 282 g/mol. The van der Waals surface area contributed by atoms with Crippen molar-refractivity contribution in [2.24, 2.45) is 11.8 Å². The standard InChI is InChI=1S/C17H23NO4/c1-11(2)9-12(17(20)21)10-18-16(19)14-7-8-22-15-6-4-3-5-13(14)15/h3-6,11-12,14H,7-10H2,1-2H3,(H,18,19)(H,20,21). The predicted molar refractivity (Wildman–Crippen MR) is 82.9 cm³/mol. The van der Waals surface area contributed by atoms with Crippen LogP contribution >= 0.6 is 0 Å². The van der Waals surface area contributed by atoms with Crippen LogP contribution in [-0.4, -0.2) is 30.1 Å². The number of hydrogen-bond donors (Lipinski definition) is 2. The Balaban J connectivity index is 1.99. The summed E-state index contributed by atoms with van der Waals surface area (Å²) < 4.78 is 5.55. The van der Waals surface area contributed by atoms with E-state index in [4.69, 9.17) is 4.74 Å². The van der Waals surface area contributed by atoms with E-state index in [9.17, 15) is 14.7 Å². The minimum Gasteiger partial charge on any atom is -0.493 e. The average molecular weight is 305 g/mol. The number of hydrogen-bond acceptors (Lipinski definition) is 3. The number of benzene rings is 1. The number of fused-ring (bicyclic) bond motifs is 1. The normalized spacial score (nSPS) is 18.2. The number of aliphatic carboxylic acids is 1. The zero-order chi connectivity index (χ0) is 16.1. The molecule has 2 rings (SSSR count). The van der Waals surface area contributed by atoms with Gasteiger partial charge >= 0.3 is 5.97 Å². The lowest BCUT2D eigenvalue weighted by Crippen LogP contribution is -2.37. The van der Waals surface area contributed by atoms with Crippen molar-refractivity contribution in [2.45, 2.75) is 32.6 Å². The minimum atomic E-state index is -0.860. The third-order valence-electron chi connectivity index (χ3n) is 3.90. The van der Waals surface area contributed by atoms with Gasteiger partial charge in [0.05, 0.1) is 18.4 Å². The third kappa shape index (κ3) is 4.00. The maximum absolute atomic E-state index is 12.4. The van der Waals surface area contributed by atoms with Gasteiger partial charge in [-0.15, -0.1) is 0 Å². The number of amides is 1. The van der Waals surface area contributed by atoms with E-state index in [1.165, 1.54) is 0 Å². The zero-order valence-electron chi connectivity index (χ0n) is 13.0. The number of nitrogens with one attached hydrogen (secondary N) is 1. The van der Waals surface area contributed by atoms with Gasteiger partial charge in [-0.3, -0.25) is 9.59 Å². The Labute approximate surface area is 130 Å². The van der Waals surface area contributed by atoms with Gasteiger partial charge in [-0.05, 0) is 24.8 Å². The van der Waals surface area contributed by atoms with Crippen molar-refractivity contribution in [3.8, 4) is 5.75 Å². The molecule has 5 heteroatoms. The molecule has 120 valence electrons. The zero-order valence-corrected chi connectivity index (χ0v) is 13.0. The van der Waals surface area contributed by atoms with E-state index in [-0.39, 0.29) is 24.3 Å². The van der Waals surface area contributed by atoms with E-state index in [0.29, 0.717) is 19.4 Å². The Hall–Kier alpha value is -2.04. The number of rotatable bonds is 6.